The number of tetrazole rings is 1. The zero-order chi connectivity index (χ0) is 20.3. The molecule has 3 rings (SSSR count). The predicted octanol–water partition coefficient (Wildman–Crippen LogP) is 5.52. The lowest BCUT2D eigenvalue weighted by molar-refractivity contribution is 0.264. The molecule has 0 bridgehead atoms. The highest BCUT2D eigenvalue weighted by molar-refractivity contribution is 6.31. The summed E-state index contributed by atoms with van der Waals surface area (Å²) in [4.78, 5) is 0. The quantitative estimate of drug-likeness (QED) is 0.524. The fourth-order valence-electron chi connectivity index (χ4n) is 3.89. The molecule has 0 N–H and O–H groups in total. The molecule has 1 aromatic carbocycles. The summed E-state index contributed by atoms with van der Waals surface area (Å²) in [7, 11) is 0. The lowest BCUT2D eigenvalue weighted by Crippen LogP contribution is -2.32. The number of aromatic nitrogens is 4. The molecule has 0 saturated carbocycles. The van der Waals surface area contributed by atoms with E-state index >= 15 is 0 Å². The molecule has 0 unspecified atom stereocenters. The number of halogens is 1. The molecule has 0 spiro atoms. The molecule has 0 aliphatic heterocycles. The molecule has 0 aliphatic rings. The van der Waals surface area contributed by atoms with Crippen LogP contribution in [0.15, 0.2) is 47.1 Å². The van der Waals surface area contributed by atoms with Crippen molar-refractivity contribution in [2.24, 2.45) is 11.8 Å². The van der Waals surface area contributed by atoms with Crippen molar-refractivity contribution < 1.29 is 4.42 Å². The van der Waals surface area contributed by atoms with E-state index in [-0.39, 0.29) is 17.4 Å². The molecule has 3 aromatic rings. The monoisotopic (exact) mass is 400 g/mol. The van der Waals surface area contributed by atoms with Crippen LogP contribution in [-0.2, 0) is 18.4 Å². The van der Waals surface area contributed by atoms with Crippen LogP contribution in [0.2, 0.25) is 5.02 Å². The van der Waals surface area contributed by atoms with Crippen LogP contribution >= 0.6 is 11.6 Å². The van der Waals surface area contributed by atoms with Gasteiger partial charge in [-0.25, -0.2) is 4.68 Å². The molecule has 2 heterocycles. The van der Waals surface area contributed by atoms with E-state index in [1.165, 1.54) is 0 Å². The Kier molecular flexibility index (Phi) is 6.23. The molecule has 5 nitrogen and oxygen atoms in total. The molecule has 0 aliphatic carbocycles. The van der Waals surface area contributed by atoms with Gasteiger partial charge in [0.2, 0.25) is 0 Å². The second kappa shape index (κ2) is 8.48. The van der Waals surface area contributed by atoms with Crippen LogP contribution in [0, 0.1) is 11.8 Å². The number of hydrogen-bond donors (Lipinski definition) is 0. The highest BCUT2D eigenvalue weighted by Gasteiger charge is 2.34. The van der Waals surface area contributed by atoms with Crippen LogP contribution in [0.25, 0.3) is 0 Å². The molecule has 150 valence electrons. The van der Waals surface area contributed by atoms with Crippen molar-refractivity contribution in [1.82, 2.24) is 20.2 Å². The van der Waals surface area contributed by atoms with Crippen LogP contribution in [0.1, 0.15) is 57.7 Å². The summed E-state index contributed by atoms with van der Waals surface area (Å²) in [5, 5.41) is 13.6. The van der Waals surface area contributed by atoms with Crippen LogP contribution in [0.4, 0.5) is 0 Å². The molecule has 0 fully saturated rings. The second-order valence-electron chi connectivity index (χ2n) is 8.73. The average molecular weight is 401 g/mol. The Labute approximate surface area is 172 Å². The highest BCUT2D eigenvalue weighted by Crippen LogP contribution is 2.37. The second-order valence-corrected chi connectivity index (χ2v) is 9.14. The average Bonchev–Trinajstić information content (AvgIpc) is 3.28. The molecule has 6 heteroatoms. The third-order valence-electron chi connectivity index (χ3n) is 5.14. The third kappa shape index (κ3) is 4.64. The number of benzene rings is 1. The van der Waals surface area contributed by atoms with Crippen molar-refractivity contribution in [3.63, 3.8) is 0 Å². The molecule has 28 heavy (non-hydrogen) atoms. The minimum absolute atomic E-state index is 0.163. The maximum atomic E-state index is 6.49. The van der Waals surface area contributed by atoms with Crippen molar-refractivity contribution in [2.75, 3.05) is 0 Å². The van der Waals surface area contributed by atoms with E-state index in [1.54, 1.807) is 6.26 Å². The SMILES string of the molecule is CC(C)[C@@H](c1nnnn1C(C)(C)C)[C@@H](Cc1ccco1)Cc1ccccc1Cl. The topological polar surface area (TPSA) is 56.7 Å². The van der Waals surface area contributed by atoms with Gasteiger partial charge in [0, 0.05) is 17.4 Å². The predicted molar refractivity (Wildman–Crippen MR) is 111 cm³/mol. The zero-order valence-electron chi connectivity index (χ0n) is 17.3. The molecular weight excluding hydrogens is 372 g/mol. The first kappa shape index (κ1) is 20.6. The van der Waals surface area contributed by atoms with Gasteiger partial charge in [0.15, 0.2) is 5.82 Å². The largest absolute Gasteiger partial charge is 0.469 e. The van der Waals surface area contributed by atoms with Gasteiger partial charge >= 0.3 is 0 Å². The number of hydrogen-bond acceptors (Lipinski definition) is 4. The van der Waals surface area contributed by atoms with E-state index in [0.29, 0.717) is 5.92 Å². The minimum atomic E-state index is -0.189. The summed E-state index contributed by atoms with van der Waals surface area (Å²) in [5.74, 6) is 2.66. The molecule has 2 aromatic heterocycles. The molecular formula is C22H29ClN4O. The molecule has 0 amide bonds. The summed E-state index contributed by atoms with van der Waals surface area (Å²) in [6.45, 7) is 10.8. The van der Waals surface area contributed by atoms with Crippen molar-refractivity contribution >= 4 is 11.6 Å². The van der Waals surface area contributed by atoms with Crippen LogP contribution in [-0.4, -0.2) is 20.2 Å². The van der Waals surface area contributed by atoms with Gasteiger partial charge in [-0.2, -0.15) is 0 Å². The Morgan fingerprint density at radius 1 is 1.07 bits per heavy atom. The number of furan rings is 1. The Bertz CT molecular complexity index is 880. The normalized spacial score (nSPS) is 14.4. The van der Waals surface area contributed by atoms with Gasteiger partial charge in [-0.3, -0.25) is 0 Å². The summed E-state index contributed by atoms with van der Waals surface area (Å²) in [6.07, 6.45) is 3.36. The van der Waals surface area contributed by atoms with E-state index in [0.717, 1.165) is 35.0 Å². The summed E-state index contributed by atoms with van der Waals surface area (Å²) in [5.41, 5.74) is 0.951. The van der Waals surface area contributed by atoms with Crippen LogP contribution in [0.3, 0.4) is 0 Å². The van der Waals surface area contributed by atoms with Gasteiger partial charge < -0.3 is 4.42 Å². The van der Waals surface area contributed by atoms with Crippen molar-refractivity contribution in [3.05, 3.63) is 64.8 Å². The summed E-state index contributed by atoms with van der Waals surface area (Å²) < 4.78 is 7.64. The lowest BCUT2D eigenvalue weighted by Gasteiger charge is -2.32. The van der Waals surface area contributed by atoms with Crippen LogP contribution in [0.5, 0.6) is 0 Å². The Balaban J connectivity index is 2.03. The minimum Gasteiger partial charge on any atom is -0.469 e. The van der Waals surface area contributed by atoms with Gasteiger partial charge in [0.1, 0.15) is 5.76 Å². The van der Waals surface area contributed by atoms with E-state index in [2.05, 4.69) is 56.2 Å². The molecule has 2 atom stereocenters. The third-order valence-corrected chi connectivity index (χ3v) is 5.51. The van der Waals surface area contributed by atoms with Crippen molar-refractivity contribution in [2.45, 2.75) is 58.9 Å². The number of nitrogens with zero attached hydrogens (tertiary/aromatic N) is 4. The standard InChI is InChI=1S/C22H29ClN4O/c1-15(2)20(21-24-25-26-27(21)22(3,4)5)17(14-18-10-8-12-28-18)13-16-9-6-7-11-19(16)23/h6-12,15,17,20H,13-14H2,1-5H3/t17-,20-/m1/s1. The first-order chi connectivity index (χ1) is 13.3. The van der Waals surface area contributed by atoms with Crippen molar-refractivity contribution in [3.8, 4) is 0 Å². The van der Waals surface area contributed by atoms with E-state index < -0.39 is 0 Å². The summed E-state index contributed by atoms with van der Waals surface area (Å²) >= 11 is 6.49. The Morgan fingerprint density at radius 2 is 1.82 bits per heavy atom. The Morgan fingerprint density at radius 3 is 2.43 bits per heavy atom. The van der Waals surface area contributed by atoms with Gasteiger partial charge in [-0.1, -0.05) is 43.6 Å². The highest BCUT2D eigenvalue weighted by atomic mass is 35.5. The first-order valence-corrected chi connectivity index (χ1v) is 10.2. The van der Waals surface area contributed by atoms with Crippen molar-refractivity contribution in [1.29, 1.82) is 0 Å². The molecule has 0 radical (unpaired) electrons. The van der Waals surface area contributed by atoms with E-state index in [9.17, 15) is 0 Å². The fourth-order valence-corrected chi connectivity index (χ4v) is 4.11. The fraction of sp³-hybridized carbons (Fsp3) is 0.500. The van der Waals surface area contributed by atoms with Crippen LogP contribution < -0.4 is 0 Å². The number of rotatable bonds is 7. The molecule has 0 saturated heterocycles. The van der Waals surface area contributed by atoms with Gasteiger partial charge in [-0.05, 0) is 73.2 Å². The van der Waals surface area contributed by atoms with Gasteiger partial charge in [-0.15, -0.1) is 5.10 Å². The maximum absolute atomic E-state index is 6.49. The van der Waals surface area contributed by atoms with E-state index in [1.807, 2.05) is 35.0 Å². The van der Waals surface area contributed by atoms with Gasteiger partial charge in [0.25, 0.3) is 0 Å². The maximum Gasteiger partial charge on any atom is 0.155 e. The lowest BCUT2D eigenvalue weighted by atomic mass is 9.76. The van der Waals surface area contributed by atoms with E-state index in [4.69, 9.17) is 16.0 Å². The van der Waals surface area contributed by atoms with Gasteiger partial charge in [0.05, 0.1) is 11.8 Å². The smallest absolute Gasteiger partial charge is 0.155 e. The Hall–Kier alpha value is -2.14. The summed E-state index contributed by atoms with van der Waals surface area (Å²) in [6, 6.07) is 12.0. The first-order valence-electron chi connectivity index (χ1n) is 9.82. The zero-order valence-corrected chi connectivity index (χ0v) is 18.0.